The van der Waals surface area contributed by atoms with Gasteiger partial charge in [0, 0.05) is 22.0 Å². The van der Waals surface area contributed by atoms with E-state index >= 15 is 0 Å². The first-order chi connectivity index (χ1) is 21.4. The van der Waals surface area contributed by atoms with Gasteiger partial charge in [0.1, 0.15) is 17.5 Å². The van der Waals surface area contributed by atoms with E-state index in [9.17, 15) is 32.3 Å². The molecule has 0 radical (unpaired) electrons. The number of thiazole rings is 1. The van der Waals surface area contributed by atoms with E-state index in [4.69, 9.17) is 27.9 Å². The number of amides is 3. The lowest BCUT2D eigenvalue weighted by Gasteiger charge is -2.31. The van der Waals surface area contributed by atoms with E-state index < -0.39 is 63.7 Å². The molecule has 4 aromatic rings. The quantitative estimate of drug-likeness (QED) is 0.227. The van der Waals surface area contributed by atoms with E-state index in [0.717, 1.165) is 35.2 Å². The number of hydrogen-bond acceptors (Lipinski definition) is 7. The maximum Gasteiger partial charge on any atom is 0.418 e. The third kappa shape index (κ3) is 5.51. The number of carbonyl (C=O) groups excluding carboxylic acids is 3. The molecule has 2 aliphatic rings. The fraction of sp³-hybridized carbons (Fsp3) is 0.200. The van der Waals surface area contributed by atoms with Gasteiger partial charge in [-0.05, 0) is 36.4 Å². The highest BCUT2D eigenvalue weighted by Crippen LogP contribution is 2.55. The van der Waals surface area contributed by atoms with Crippen LogP contribution >= 0.6 is 46.3 Å². The van der Waals surface area contributed by atoms with Crippen molar-refractivity contribution in [3.8, 4) is 5.75 Å². The molecule has 2 unspecified atom stereocenters. The lowest BCUT2D eigenvalue weighted by atomic mass is 9.82. The van der Waals surface area contributed by atoms with E-state index in [-0.39, 0.29) is 15.1 Å². The van der Waals surface area contributed by atoms with Crippen molar-refractivity contribution in [3.63, 3.8) is 0 Å². The second-order valence-corrected chi connectivity index (χ2v) is 13.0. The summed E-state index contributed by atoms with van der Waals surface area (Å²) in [5, 5.41) is 2.22. The van der Waals surface area contributed by atoms with E-state index in [0.29, 0.717) is 26.8 Å². The Morgan fingerprint density at radius 1 is 0.978 bits per heavy atom. The lowest BCUT2D eigenvalue weighted by molar-refractivity contribution is -0.137. The van der Waals surface area contributed by atoms with Crippen molar-refractivity contribution in [2.45, 2.75) is 28.9 Å². The molecule has 0 spiro atoms. The Bertz CT molecular complexity index is 1930. The number of fused-ring (bicyclic) bond motifs is 2. The van der Waals surface area contributed by atoms with E-state index in [1.165, 1.54) is 42.0 Å². The zero-order valence-electron chi connectivity index (χ0n) is 22.9. The Labute approximate surface area is 271 Å². The van der Waals surface area contributed by atoms with Crippen LogP contribution in [0.3, 0.4) is 0 Å². The minimum absolute atomic E-state index is 0.210. The highest BCUT2D eigenvalue weighted by Gasteiger charge is 2.58. The van der Waals surface area contributed by atoms with Gasteiger partial charge in [-0.15, -0.1) is 0 Å². The number of carbonyl (C=O) groups is 3. The number of halogens is 5. The number of nitrogens with one attached hydrogen (secondary N) is 1. The zero-order valence-corrected chi connectivity index (χ0v) is 26.1. The third-order valence-corrected chi connectivity index (χ3v) is 10.8. The van der Waals surface area contributed by atoms with Gasteiger partial charge in [0.05, 0.1) is 39.3 Å². The number of para-hydroxylation sites is 2. The predicted octanol–water partition coefficient (Wildman–Crippen LogP) is 6.68. The Hall–Kier alpha value is -3.78. The predicted molar refractivity (Wildman–Crippen MR) is 166 cm³/mol. The minimum Gasteiger partial charge on any atom is -0.496 e. The maximum absolute atomic E-state index is 14.1. The van der Waals surface area contributed by atoms with Gasteiger partial charge >= 0.3 is 11.0 Å². The molecule has 3 aromatic carbocycles. The average molecular weight is 695 g/mol. The van der Waals surface area contributed by atoms with Crippen molar-refractivity contribution >= 4 is 75.4 Å². The molecule has 1 fully saturated rings. The molecule has 1 N–H and O–H groups in total. The van der Waals surface area contributed by atoms with Crippen molar-refractivity contribution in [1.29, 1.82) is 0 Å². The molecule has 3 amide bonds. The van der Waals surface area contributed by atoms with Crippen LogP contribution in [-0.2, 0) is 27.1 Å². The van der Waals surface area contributed by atoms with Crippen LogP contribution in [0.2, 0.25) is 10.0 Å². The number of nitrogens with zero attached hydrogens (tertiary/aromatic N) is 2. The van der Waals surface area contributed by atoms with Crippen LogP contribution in [-0.4, -0.2) is 34.6 Å². The fourth-order valence-corrected chi connectivity index (χ4v) is 8.64. The van der Waals surface area contributed by atoms with Gasteiger partial charge in [0.2, 0.25) is 17.7 Å². The lowest BCUT2D eigenvalue weighted by Crippen LogP contribution is -2.33. The Morgan fingerprint density at radius 2 is 1.69 bits per heavy atom. The number of methoxy groups -OCH3 is 1. The van der Waals surface area contributed by atoms with Crippen molar-refractivity contribution in [2.24, 2.45) is 5.92 Å². The number of thioether (sulfide) groups is 1. The molecule has 2 aliphatic heterocycles. The van der Waals surface area contributed by atoms with Crippen LogP contribution in [0.15, 0.2) is 76.6 Å². The summed E-state index contributed by atoms with van der Waals surface area (Å²) in [4.78, 5) is 54.9. The molecule has 3 heterocycles. The first-order valence-corrected chi connectivity index (χ1v) is 15.7. The van der Waals surface area contributed by atoms with Crippen LogP contribution in [0, 0.1) is 5.92 Å². The van der Waals surface area contributed by atoms with Gasteiger partial charge in [-0.3, -0.25) is 23.7 Å². The summed E-state index contributed by atoms with van der Waals surface area (Å²) in [7, 11) is 1.42. The SMILES string of the molecule is COc1ccccc1[C@H]1c2sc(=O)n(CC(=O)Nc3ccc(Cl)c(Cl)c3)c2SC2C(=O)N(c3ccccc3C(F)(F)F)C(=O)C21. The van der Waals surface area contributed by atoms with Gasteiger partial charge in [-0.1, -0.05) is 76.6 Å². The molecule has 1 saturated heterocycles. The molecule has 8 nitrogen and oxygen atoms in total. The topological polar surface area (TPSA) is 97.7 Å². The van der Waals surface area contributed by atoms with Gasteiger partial charge in [-0.2, -0.15) is 13.2 Å². The molecule has 45 heavy (non-hydrogen) atoms. The summed E-state index contributed by atoms with van der Waals surface area (Å²) >= 11 is 13.7. The minimum atomic E-state index is -4.83. The first kappa shape index (κ1) is 31.2. The Kier molecular flexibility index (Phi) is 8.23. The van der Waals surface area contributed by atoms with E-state index in [1.54, 1.807) is 24.3 Å². The smallest absolute Gasteiger partial charge is 0.418 e. The second kappa shape index (κ2) is 11.9. The largest absolute Gasteiger partial charge is 0.496 e. The second-order valence-electron chi connectivity index (χ2n) is 10.1. The van der Waals surface area contributed by atoms with Gasteiger partial charge < -0.3 is 10.1 Å². The molecule has 0 saturated carbocycles. The van der Waals surface area contributed by atoms with Crippen LogP contribution in [0.4, 0.5) is 24.5 Å². The molecule has 3 atom stereocenters. The zero-order chi connectivity index (χ0) is 32.2. The number of rotatable bonds is 6. The standard InChI is InChI=1S/C30H20Cl2F3N3O5S2/c1-43-20-9-5-2-6-15(20)22-23-24(27(41)38(26(23)40)19-8-4-3-7-16(19)30(33,34)35)44-28-25(22)45-29(42)37(28)13-21(39)36-14-10-11-17(31)18(32)12-14/h2-12,22-24H,13H2,1H3,(H,36,39)/t22-,23?,24?/m1/s1. The summed E-state index contributed by atoms with van der Waals surface area (Å²) in [5.41, 5.74) is -0.899. The highest BCUT2D eigenvalue weighted by molar-refractivity contribution is 8.00. The molecule has 0 aliphatic carbocycles. The van der Waals surface area contributed by atoms with Crippen LogP contribution in [0.25, 0.3) is 0 Å². The monoisotopic (exact) mass is 693 g/mol. The maximum atomic E-state index is 14.1. The Morgan fingerprint density at radius 3 is 2.40 bits per heavy atom. The van der Waals surface area contributed by atoms with Crippen molar-refractivity contribution in [2.75, 3.05) is 17.3 Å². The molecular weight excluding hydrogens is 674 g/mol. The molecule has 15 heteroatoms. The highest BCUT2D eigenvalue weighted by atomic mass is 35.5. The number of imide groups is 1. The van der Waals surface area contributed by atoms with Crippen molar-refractivity contribution in [1.82, 2.24) is 4.57 Å². The number of benzene rings is 3. The average Bonchev–Trinajstić information content (AvgIpc) is 3.44. The summed E-state index contributed by atoms with van der Waals surface area (Å²) in [6.45, 7) is -0.448. The van der Waals surface area contributed by atoms with Gasteiger partial charge in [0.25, 0.3) is 0 Å². The first-order valence-electron chi connectivity index (χ1n) is 13.2. The fourth-order valence-electron chi connectivity index (χ4n) is 5.58. The van der Waals surface area contributed by atoms with E-state index in [2.05, 4.69) is 5.32 Å². The van der Waals surface area contributed by atoms with E-state index in [1.807, 2.05) is 0 Å². The number of ether oxygens (including phenoxy) is 1. The van der Waals surface area contributed by atoms with Gasteiger partial charge in [0.15, 0.2) is 0 Å². The normalized spacial score (nSPS) is 19.3. The summed E-state index contributed by atoms with van der Waals surface area (Å²) in [6.07, 6.45) is -4.83. The van der Waals surface area contributed by atoms with Crippen molar-refractivity contribution < 1.29 is 32.3 Å². The van der Waals surface area contributed by atoms with Gasteiger partial charge in [-0.25, -0.2) is 4.90 Å². The van der Waals surface area contributed by atoms with Crippen molar-refractivity contribution in [3.05, 3.63) is 102 Å². The molecule has 6 rings (SSSR count). The van der Waals surface area contributed by atoms with Crippen LogP contribution in [0.1, 0.15) is 21.9 Å². The van der Waals surface area contributed by atoms with Crippen LogP contribution < -0.4 is 19.8 Å². The third-order valence-electron chi connectivity index (χ3n) is 7.48. The number of hydrogen-bond donors (Lipinski definition) is 1. The molecule has 1 aromatic heterocycles. The number of alkyl halides is 3. The summed E-state index contributed by atoms with van der Waals surface area (Å²) in [5.74, 6) is -4.01. The molecular formula is C30H20Cl2F3N3O5S2. The Balaban J connectivity index is 1.45. The summed E-state index contributed by atoms with van der Waals surface area (Å²) < 4.78 is 48.7. The number of anilines is 2. The molecule has 0 bridgehead atoms. The summed E-state index contributed by atoms with van der Waals surface area (Å²) in [6, 6.07) is 15.6. The molecule has 232 valence electrons. The number of aromatic nitrogens is 1. The van der Waals surface area contributed by atoms with Crippen LogP contribution in [0.5, 0.6) is 5.75 Å².